The number of nitrogens with one attached hydrogen (secondary N) is 1. The Hall–Kier alpha value is -2.36. The molecule has 5 rings (SSSR count). The number of β-amino-alcohol motifs (C(OH)–C–C–N with tert-alkyl or cyclic N) is 1. The number of aliphatic hydroxyl groups is 1. The number of fused-ring (bicyclic) bond motifs is 1. The van der Waals surface area contributed by atoms with Crippen LogP contribution >= 0.6 is 0 Å². The summed E-state index contributed by atoms with van der Waals surface area (Å²) in [5, 5.41) is 13.6. The Kier molecular flexibility index (Phi) is 8.84. The lowest BCUT2D eigenvalue weighted by Crippen LogP contribution is -2.55. The highest BCUT2D eigenvalue weighted by Crippen LogP contribution is 2.29. The van der Waals surface area contributed by atoms with Crippen LogP contribution in [0.2, 0.25) is 0 Å². The third kappa shape index (κ3) is 7.15. The summed E-state index contributed by atoms with van der Waals surface area (Å²) in [4.78, 5) is 17.4. The predicted octanol–water partition coefficient (Wildman–Crippen LogP) is 2.72. The maximum absolute atomic E-state index is 14.4. The topological polar surface area (TPSA) is 74.3 Å². The van der Waals surface area contributed by atoms with Crippen LogP contribution in [0, 0.1) is 5.82 Å². The van der Waals surface area contributed by atoms with Crippen molar-refractivity contribution < 1.29 is 23.8 Å². The molecular weight excluding hydrogens is 473 g/mol. The first-order valence-electron chi connectivity index (χ1n) is 13.5. The van der Waals surface area contributed by atoms with Gasteiger partial charge in [-0.1, -0.05) is 48.5 Å². The van der Waals surface area contributed by atoms with E-state index in [0.29, 0.717) is 31.7 Å². The van der Waals surface area contributed by atoms with Crippen LogP contribution < -0.4 is 5.32 Å². The number of nitrogens with zero attached hydrogens (tertiary/aromatic N) is 2. The highest BCUT2D eigenvalue weighted by Gasteiger charge is 2.38. The summed E-state index contributed by atoms with van der Waals surface area (Å²) in [6.07, 6.45) is 1.80. The van der Waals surface area contributed by atoms with Crippen molar-refractivity contribution in [2.24, 2.45) is 0 Å². The van der Waals surface area contributed by atoms with Crippen molar-refractivity contribution in [1.82, 2.24) is 15.1 Å². The molecule has 0 bridgehead atoms. The average molecular weight is 512 g/mol. The van der Waals surface area contributed by atoms with E-state index in [1.807, 2.05) is 12.1 Å². The molecular formula is C29H38FN3O4. The largest absolute Gasteiger partial charge is 0.389 e. The lowest BCUT2D eigenvalue weighted by molar-refractivity contribution is -0.158. The van der Waals surface area contributed by atoms with Crippen molar-refractivity contribution in [3.63, 3.8) is 0 Å². The van der Waals surface area contributed by atoms with Crippen molar-refractivity contribution in [3.8, 4) is 0 Å². The molecule has 2 aromatic rings. The number of hydrogen-bond donors (Lipinski definition) is 2. The number of carbonyl (C=O) groups is 1. The van der Waals surface area contributed by atoms with Crippen LogP contribution in [-0.2, 0) is 27.4 Å². The van der Waals surface area contributed by atoms with Crippen LogP contribution in [-0.4, -0.2) is 84.1 Å². The number of likely N-dealkylation sites (tertiary alicyclic amines) is 1. The molecule has 0 aliphatic carbocycles. The Labute approximate surface area is 218 Å². The maximum Gasteiger partial charge on any atom is 0.222 e. The van der Waals surface area contributed by atoms with Gasteiger partial charge in [0.2, 0.25) is 5.91 Å². The molecule has 0 aromatic heterocycles. The SMILES string of the molecule is O=C(C[C@H]1CC[C@H]2[C@@H](COC[C@H](O)CN2Cc2ccccc2F)O1)N[C@@H]1CCN(Cc2ccccc2)C1. The molecule has 3 aliphatic rings. The fourth-order valence-electron chi connectivity index (χ4n) is 5.90. The van der Waals surface area contributed by atoms with Gasteiger partial charge in [0, 0.05) is 50.4 Å². The highest BCUT2D eigenvalue weighted by molar-refractivity contribution is 5.76. The van der Waals surface area contributed by atoms with Gasteiger partial charge in [-0.15, -0.1) is 0 Å². The van der Waals surface area contributed by atoms with Gasteiger partial charge in [0.05, 0.1) is 37.9 Å². The predicted molar refractivity (Wildman–Crippen MR) is 138 cm³/mol. The monoisotopic (exact) mass is 511 g/mol. The molecule has 5 atom stereocenters. The van der Waals surface area contributed by atoms with Gasteiger partial charge in [-0.05, 0) is 30.9 Å². The van der Waals surface area contributed by atoms with Gasteiger partial charge in [-0.2, -0.15) is 0 Å². The van der Waals surface area contributed by atoms with E-state index in [1.165, 1.54) is 11.6 Å². The van der Waals surface area contributed by atoms with E-state index >= 15 is 0 Å². The van der Waals surface area contributed by atoms with Gasteiger partial charge in [-0.25, -0.2) is 4.39 Å². The quantitative estimate of drug-likeness (QED) is 0.596. The van der Waals surface area contributed by atoms with Crippen molar-refractivity contribution in [2.75, 3.05) is 32.8 Å². The smallest absolute Gasteiger partial charge is 0.222 e. The van der Waals surface area contributed by atoms with E-state index in [9.17, 15) is 14.3 Å². The van der Waals surface area contributed by atoms with Gasteiger partial charge in [0.1, 0.15) is 5.82 Å². The number of aliphatic hydroxyl groups excluding tert-OH is 1. The number of ether oxygens (including phenoxy) is 2. The van der Waals surface area contributed by atoms with Crippen molar-refractivity contribution >= 4 is 5.91 Å². The van der Waals surface area contributed by atoms with Crippen molar-refractivity contribution in [1.29, 1.82) is 0 Å². The summed E-state index contributed by atoms with van der Waals surface area (Å²) in [7, 11) is 0. The summed E-state index contributed by atoms with van der Waals surface area (Å²) in [5.74, 6) is -0.215. The van der Waals surface area contributed by atoms with Crippen LogP contribution in [0.15, 0.2) is 54.6 Å². The number of benzene rings is 2. The summed E-state index contributed by atoms with van der Waals surface area (Å²) >= 11 is 0. The van der Waals surface area contributed by atoms with Crippen molar-refractivity contribution in [3.05, 3.63) is 71.5 Å². The third-order valence-electron chi connectivity index (χ3n) is 7.72. The van der Waals surface area contributed by atoms with Crippen molar-refractivity contribution in [2.45, 2.75) is 69.2 Å². The third-order valence-corrected chi connectivity index (χ3v) is 7.72. The second kappa shape index (κ2) is 12.5. The molecule has 2 N–H and O–H groups in total. The Balaban J connectivity index is 1.13. The first kappa shape index (κ1) is 26.3. The molecule has 3 aliphatic heterocycles. The highest BCUT2D eigenvalue weighted by atomic mass is 19.1. The molecule has 37 heavy (non-hydrogen) atoms. The minimum atomic E-state index is -0.635. The van der Waals surface area contributed by atoms with Gasteiger partial charge >= 0.3 is 0 Å². The van der Waals surface area contributed by atoms with Gasteiger partial charge in [0.25, 0.3) is 0 Å². The molecule has 2 aromatic carbocycles. The van der Waals surface area contributed by atoms with Crippen LogP contribution in [0.3, 0.4) is 0 Å². The Morgan fingerprint density at radius 2 is 1.81 bits per heavy atom. The number of rotatable bonds is 7. The lowest BCUT2D eigenvalue weighted by atomic mass is 9.94. The number of hydrogen-bond acceptors (Lipinski definition) is 6. The fraction of sp³-hybridized carbons (Fsp3) is 0.552. The summed E-state index contributed by atoms with van der Waals surface area (Å²) in [6, 6.07) is 17.3. The maximum atomic E-state index is 14.4. The van der Waals surface area contributed by atoms with Gasteiger partial charge in [-0.3, -0.25) is 14.6 Å². The van der Waals surface area contributed by atoms with Gasteiger partial charge < -0.3 is 19.9 Å². The number of carbonyl (C=O) groups excluding carboxylic acids is 1. The minimum Gasteiger partial charge on any atom is -0.389 e. The van der Waals surface area contributed by atoms with Crippen LogP contribution in [0.25, 0.3) is 0 Å². The number of amides is 1. The van der Waals surface area contributed by atoms with Crippen LogP contribution in [0.5, 0.6) is 0 Å². The second-order valence-corrected chi connectivity index (χ2v) is 10.6. The standard InChI is InChI=1S/C29H38FN3O4/c30-26-9-5-4-8-22(26)16-33-18-24(34)19-36-20-28-27(33)11-10-25(37-28)14-29(35)31-23-12-13-32(17-23)15-21-6-2-1-3-7-21/h1-9,23-25,27-28,34H,10-20H2,(H,31,35)/t23-,24-,25-,27+,28-/m1/s1. The average Bonchev–Trinajstić information content (AvgIpc) is 3.31. The minimum absolute atomic E-state index is 0.00440. The zero-order valence-corrected chi connectivity index (χ0v) is 21.3. The molecule has 0 unspecified atom stereocenters. The molecule has 7 nitrogen and oxygen atoms in total. The first-order chi connectivity index (χ1) is 18.0. The zero-order chi connectivity index (χ0) is 25.6. The molecule has 3 saturated heterocycles. The van der Waals surface area contributed by atoms with E-state index in [1.54, 1.807) is 12.1 Å². The molecule has 1 amide bonds. The number of halogens is 1. The molecule has 0 radical (unpaired) electrons. The van der Waals surface area contributed by atoms with E-state index in [0.717, 1.165) is 38.9 Å². The van der Waals surface area contributed by atoms with E-state index in [4.69, 9.17) is 9.47 Å². The summed E-state index contributed by atoms with van der Waals surface area (Å²) in [5.41, 5.74) is 1.90. The second-order valence-electron chi connectivity index (χ2n) is 10.6. The van der Waals surface area contributed by atoms with E-state index in [2.05, 4.69) is 39.4 Å². The molecule has 0 saturated carbocycles. The molecule has 3 fully saturated rings. The fourth-order valence-corrected chi connectivity index (χ4v) is 5.90. The molecule has 3 heterocycles. The van der Waals surface area contributed by atoms with Crippen LogP contribution in [0.1, 0.15) is 36.8 Å². The lowest BCUT2D eigenvalue weighted by Gasteiger charge is -2.44. The Bertz CT molecular complexity index is 1030. The van der Waals surface area contributed by atoms with Crippen LogP contribution in [0.4, 0.5) is 4.39 Å². The molecule has 0 spiro atoms. The molecule has 8 heteroatoms. The van der Waals surface area contributed by atoms with E-state index < -0.39 is 6.10 Å². The summed E-state index contributed by atoms with van der Waals surface area (Å²) < 4.78 is 26.5. The van der Waals surface area contributed by atoms with E-state index in [-0.39, 0.29) is 42.6 Å². The zero-order valence-electron chi connectivity index (χ0n) is 21.3. The van der Waals surface area contributed by atoms with Gasteiger partial charge in [0.15, 0.2) is 0 Å². The Morgan fingerprint density at radius 3 is 2.65 bits per heavy atom. The Morgan fingerprint density at radius 1 is 1.00 bits per heavy atom. The summed E-state index contributed by atoms with van der Waals surface area (Å²) in [6.45, 7) is 4.10. The molecule has 200 valence electrons. The normalized spacial score (nSPS) is 29.3. The first-order valence-corrected chi connectivity index (χ1v) is 13.5.